The molecule has 4 aliphatic carbocycles. The van der Waals surface area contributed by atoms with Crippen molar-refractivity contribution in [1.29, 1.82) is 0 Å². The molecule has 6 heteroatoms. The summed E-state index contributed by atoms with van der Waals surface area (Å²) in [5.41, 5.74) is 7.66. The van der Waals surface area contributed by atoms with Gasteiger partial charge in [-0.25, -0.2) is 4.39 Å². The van der Waals surface area contributed by atoms with Crippen molar-refractivity contribution in [1.82, 2.24) is 10.3 Å². The molecule has 1 aliphatic heterocycles. The number of benzene rings is 1. The fourth-order valence-electron chi connectivity index (χ4n) is 8.21. The van der Waals surface area contributed by atoms with Crippen molar-refractivity contribution in [2.45, 2.75) is 84.0 Å². The van der Waals surface area contributed by atoms with Gasteiger partial charge in [0.15, 0.2) is 5.78 Å². The topological polar surface area (TPSA) is 71.4 Å². The maximum Gasteiger partial charge on any atom is 0.269 e. The molecule has 1 aromatic heterocycles. The van der Waals surface area contributed by atoms with Crippen molar-refractivity contribution in [2.24, 2.45) is 21.7 Å². The van der Waals surface area contributed by atoms with E-state index in [1.54, 1.807) is 12.3 Å². The van der Waals surface area contributed by atoms with Gasteiger partial charge < -0.3 is 5.32 Å². The van der Waals surface area contributed by atoms with Gasteiger partial charge in [0.25, 0.3) is 5.91 Å². The van der Waals surface area contributed by atoms with Crippen LogP contribution in [0.3, 0.4) is 0 Å². The number of rotatable bonds is 7. The number of aromatic nitrogens is 1. The molecule has 1 spiro atoms. The van der Waals surface area contributed by atoms with E-state index in [4.69, 9.17) is 4.99 Å². The number of amides is 1. The number of nitrogens with one attached hydrogen (secondary N) is 1. The summed E-state index contributed by atoms with van der Waals surface area (Å²) < 4.78 is 13.8. The van der Waals surface area contributed by atoms with Crippen molar-refractivity contribution < 1.29 is 14.0 Å². The summed E-state index contributed by atoms with van der Waals surface area (Å²) in [6, 6.07) is 10.4. The molecule has 0 bridgehead atoms. The van der Waals surface area contributed by atoms with Crippen LogP contribution in [0.1, 0.15) is 89.7 Å². The van der Waals surface area contributed by atoms with Crippen LogP contribution in [0.25, 0.3) is 17.2 Å². The van der Waals surface area contributed by atoms with Crippen LogP contribution in [0.4, 0.5) is 4.39 Å². The Hall–Kier alpha value is -3.67. The molecule has 5 nitrogen and oxygen atoms in total. The average molecular weight is 592 g/mol. The molecule has 228 valence electrons. The molecule has 1 aromatic carbocycles. The molecule has 2 saturated carbocycles. The number of halogens is 1. The van der Waals surface area contributed by atoms with Crippen LogP contribution < -0.4 is 5.32 Å². The number of nitrogens with zero attached hydrogens (tertiary/aromatic N) is 2. The zero-order chi connectivity index (χ0) is 30.3. The highest BCUT2D eigenvalue weighted by Gasteiger charge is 2.46. The first-order valence-corrected chi connectivity index (χ1v) is 16.6. The number of ketones is 1. The van der Waals surface area contributed by atoms with Crippen LogP contribution in [-0.2, 0) is 9.59 Å². The first-order chi connectivity index (χ1) is 21.4. The van der Waals surface area contributed by atoms with Gasteiger partial charge in [-0.2, -0.15) is 0 Å². The highest BCUT2D eigenvalue weighted by atomic mass is 19.1. The zero-order valence-electron chi connectivity index (χ0n) is 25.8. The monoisotopic (exact) mass is 591 g/mol. The molecule has 7 rings (SSSR count). The van der Waals surface area contributed by atoms with Crippen LogP contribution in [0.2, 0.25) is 0 Å². The van der Waals surface area contributed by atoms with E-state index in [0.29, 0.717) is 25.2 Å². The third-order valence-corrected chi connectivity index (χ3v) is 11.1. The largest absolute Gasteiger partial charge is 0.350 e. The summed E-state index contributed by atoms with van der Waals surface area (Å²) in [5.74, 6) is -0.448. The zero-order valence-corrected chi connectivity index (χ0v) is 25.8. The number of allylic oxidation sites excluding steroid dienone is 3. The fraction of sp³-hybridized carbons (Fsp3) is 0.474. The van der Waals surface area contributed by atoms with E-state index in [-0.39, 0.29) is 34.3 Å². The molecule has 1 amide bonds. The Kier molecular flexibility index (Phi) is 7.72. The quantitative estimate of drug-likeness (QED) is 0.355. The van der Waals surface area contributed by atoms with E-state index < -0.39 is 0 Å². The van der Waals surface area contributed by atoms with Crippen molar-refractivity contribution in [3.63, 3.8) is 0 Å². The van der Waals surface area contributed by atoms with E-state index in [1.165, 1.54) is 36.1 Å². The summed E-state index contributed by atoms with van der Waals surface area (Å²) in [6.07, 6.45) is 18.1. The smallest absolute Gasteiger partial charge is 0.269 e. The lowest BCUT2D eigenvalue weighted by atomic mass is 9.66. The van der Waals surface area contributed by atoms with Gasteiger partial charge in [-0.1, -0.05) is 55.2 Å². The Balaban J connectivity index is 1.24. The minimum atomic E-state index is -0.315. The Bertz CT molecular complexity index is 1600. The normalized spacial score (nSPS) is 23.8. The molecule has 2 aromatic rings. The SMILES string of the molecule is CCC1(CNC(=O)C2=NCCC3=C2C(C=Cc2ccc(-c4cccc(F)c4)cn2)C2=C(CC3)CC3(CCCC3)CC2=O)CC1. The van der Waals surface area contributed by atoms with E-state index >= 15 is 0 Å². The molecule has 2 heterocycles. The molecule has 5 aliphatic rings. The molecule has 44 heavy (non-hydrogen) atoms. The van der Waals surface area contributed by atoms with Gasteiger partial charge in [-0.3, -0.25) is 19.6 Å². The summed E-state index contributed by atoms with van der Waals surface area (Å²) in [6.45, 7) is 3.49. The van der Waals surface area contributed by atoms with Crippen LogP contribution in [0.15, 0.2) is 76.0 Å². The Morgan fingerprint density at radius 2 is 1.82 bits per heavy atom. The number of hydrogen-bond donors (Lipinski definition) is 1. The third kappa shape index (κ3) is 5.64. The summed E-state index contributed by atoms with van der Waals surface area (Å²) in [7, 11) is 0. The number of carbonyl (C=O) groups excluding carboxylic acids is 2. The molecule has 2 fully saturated rings. The molecule has 0 saturated heterocycles. The van der Waals surface area contributed by atoms with Gasteiger partial charge in [0, 0.05) is 42.8 Å². The second-order valence-electron chi connectivity index (χ2n) is 13.9. The van der Waals surface area contributed by atoms with Crippen LogP contribution in [0.5, 0.6) is 0 Å². The second kappa shape index (κ2) is 11.7. The molecular weight excluding hydrogens is 549 g/mol. The maximum atomic E-state index is 14.1. The lowest BCUT2D eigenvalue weighted by molar-refractivity contribution is -0.119. The number of dihydropyridines is 1. The number of Topliss-reactive ketones (excluding diaryl/α,β-unsaturated/α-hetero) is 1. The molecule has 1 unspecified atom stereocenters. The highest BCUT2D eigenvalue weighted by Crippen LogP contribution is 2.53. The fourth-order valence-corrected chi connectivity index (χ4v) is 8.21. The Morgan fingerprint density at radius 1 is 1.00 bits per heavy atom. The van der Waals surface area contributed by atoms with E-state index in [2.05, 4.69) is 23.3 Å². The number of aliphatic imine (C=N–C) groups is 1. The van der Waals surface area contributed by atoms with Crippen LogP contribution >= 0.6 is 0 Å². The highest BCUT2D eigenvalue weighted by molar-refractivity contribution is 6.46. The van der Waals surface area contributed by atoms with Gasteiger partial charge in [0.1, 0.15) is 11.5 Å². The minimum absolute atomic E-state index is 0.104. The standard InChI is InChI=1S/C38H42FN3O2/c1-2-37(17-18-37)24-42-36(44)35-34-25(14-19-40-35)8-9-27-21-38(15-3-4-16-38)22-32(43)33(27)31(34)13-12-30-11-10-28(23-41-30)26-6-5-7-29(39)20-26/h5-7,10-13,20,23,31H,2-4,8-9,14-19,21-22,24H2,1H3,(H,42,44). The van der Waals surface area contributed by atoms with E-state index in [9.17, 15) is 14.0 Å². The lowest BCUT2D eigenvalue weighted by Crippen LogP contribution is -2.39. The average Bonchev–Trinajstić information content (AvgIpc) is 3.73. The van der Waals surface area contributed by atoms with Gasteiger partial charge in [-0.05, 0) is 104 Å². The van der Waals surface area contributed by atoms with Gasteiger partial charge in [-0.15, -0.1) is 0 Å². The predicted molar refractivity (Wildman–Crippen MR) is 172 cm³/mol. The second-order valence-corrected chi connectivity index (χ2v) is 13.9. The lowest BCUT2D eigenvalue weighted by Gasteiger charge is -2.37. The van der Waals surface area contributed by atoms with Crippen molar-refractivity contribution in [3.05, 3.63) is 82.5 Å². The maximum absolute atomic E-state index is 14.1. The van der Waals surface area contributed by atoms with Crippen LogP contribution in [-0.4, -0.2) is 35.5 Å². The van der Waals surface area contributed by atoms with E-state index in [0.717, 1.165) is 85.8 Å². The Labute approximate surface area is 259 Å². The van der Waals surface area contributed by atoms with E-state index in [1.807, 2.05) is 24.3 Å². The summed E-state index contributed by atoms with van der Waals surface area (Å²) >= 11 is 0. The third-order valence-electron chi connectivity index (χ3n) is 11.1. The van der Waals surface area contributed by atoms with Crippen molar-refractivity contribution in [3.8, 4) is 11.1 Å². The number of pyridine rings is 1. The predicted octanol–water partition coefficient (Wildman–Crippen LogP) is 7.98. The first kappa shape index (κ1) is 29.1. The molecule has 0 radical (unpaired) electrons. The van der Waals surface area contributed by atoms with Gasteiger partial charge in [0.05, 0.1) is 5.69 Å². The number of carbonyl (C=O) groups is 2. The molecule has 1 atom stereocenters. The summed E-state index contributed by atoms with van der Waals surface area (Å²) in [4.78, 5) is 37.4. The van der Waals surface area contributed by atoms with Crippen molar-refractivity contribution >= 4 is 23.5 Å². The van der Waals surface area contributed by atoms with Gasteiger partial charge >= 0.3 is 0 Å². The minimum Gasteiger partial charge on any atom is -0.350 e. The molecular formula is C38H42FN3O2. The van der Waals surface area contributed by atoms with Gasteiger partial charge in [0.2, 0.25) is 0 Å². The molecule has 1 N–H and O–H groups in total. The summed E-state index contributed by atoms with van der Waals surface area (Å²) in [5, 5.41) is 3.23. The number of hydrogen-bond acceptors (Lipinski definition) is 4. The van der Waals surface area contributed by atoms with Crippen LogP contribution in [0, 0.1) is 22.6 Å². The van der Waals surface area contributed by atoms with Crippen molar-refractivity contribution in [2.75, 3.05) is 13.1 Å². The Morgan fingerprint density at radius 3 is 2.55 bits per heavy atom. The first-order valence-electron chi connectivity index (χ1n) is 16.6.